The molecule has 0 bridgehead atoms. The molecule has 6 heteroatoms. The Hall–Kier alpha value is -2.60. The molecule has 5 nitrogen and oxygen atoms in total. The van der Waals surface area contributed by atoms with Gasteiger partial charge in [0.1, 0.15) is 0 Å². The van der Waals surface area contributed by atoms with Crippen molar-refractivity contribution in [2.45, 2.75) is 13.5 Å². The van der Waals surface area contributed by atoms with E-state index in [2.05, 4.69) is 15.8 Å². The molecular weight excluding hydrogens is 310 g/mol. The molecular formula is C17H19N3O2S. The molecule has 0 radical (unpaired) electrons. The molecule has 2 rings (SSSR count). The summed E-state index contributed by atoms with van der Waals surface area (Å²) in [7, 11) is 0. The molecule has 0 spiro atoms. The lowest BCUT2D eigenvalue weighted by molar-refractivity contribution is 0.318. The quantitative estimate of drug-likeness (QED) is 0.432. The summed E-state index contributed by atoms with van der Waals surface area (Å²) in [5.74, 6) is 0.540. The number of nitrogens with zero attached hydrogens (tertiary/aromatic N) is 1. The van der Waals surface area contributed by atoms with Crippen LogP contribution in [-0.4, -0.2) is 23.0 Å². The third-order valence-corrected chi connectivity index (χ3v) is 3.19. The molecule has 0 atom stereocenters. The number of ether oxygens (including phenoxy) is 1. The van der Waals surface area contributed by atoms with Crippen LogP contribution in [0.3, 0.4) is 0 Å². The SMILES string of the molecule is CCOc1cc(/C=N\NC(=S)NCc2ccccc2)ccc1O. The molecule has 0 aliphatic rings. The van der Waals surface area contributed by atoms with Crippen LogP contribution in [0.4, 0.5) is 0 Å². The summed E-state index contributed by atoms with van der Waals surface area (Å²) in [5.41, 5.74) is 4.69. The summed E-state index contributed by atoms with van der Waals surface area (Å²) in [5, 5.41) is 17.2. The Bertz CT molecular complexity index is 675. The van der Waals surface area contributed by atoms with E-state index >= 15 is 0 Å². The van der Waals surface area contributed by atoms with Crippen molar-refractivity contribution in [2.75, 3.05) is 6.61 Å². The summed E-state index contributed by atoms with van der Waals surface area (Å²) < 4.78 is 5.32. The van der Waals surface area contributed by atoms with E-state index in [1.54, 1.807) is 24.4 Å². The highest BCUT2D eigenvalue weighted by molar-refractivity contribution is 7.80. The van der Waals surface area contributed by atoms with Gasteiger partial charge in [-0.2, -0.15) is 5.10 Å². The third-order valence-electron chi connectivity index (χ3n) is 2.96. The van der Waals surface area contributed by atoms with Gasteiger partial charge in [0, 0.05) is 6.54 Å². The molecule has 120 valence electrons. The van der Waals surface area contributed by atoms with E-state index in [4.69, 9.17) is 17.0 Å². The lowest BCUT2D eigenvalue weighted by Gasteiger charge is -2.07. The fourth-order valence-electron chi connectivity index (χ4n) is 1.87. The molecule has 2 aromatic rings. The van der Waals surface area contributed by atoms with Crippen LogP contribution in [0.2, 0.25) is 0 Å². The molecule has 3 N–H and O–H groups in total. The molecule has 0 unspecified atom stereocenters. The fraction of sp³-hybridized carbons (Fsp3) is 0.176. The highest BCUT2D eigenvalue weighted by Crippen LogP contribution is 2.26. The van der Waals surface area contributed by atoms with Crippen LogP contribution in [0.15, 0.2) is 53.6 Å². The van der Waals surface area contributed by atoms with Crippen molar-refractivity contribution < 1.29 is 9.84 Å². The standard InChI is InChI=1S/C17H19N3O2S/c1-2-22-16-10-14(8-9-15(16)21)12-19-20-17(23)18-11-13-6-4-3-5-7-13/h3-10,12,21H,2,11H2,1H3,(H2,18,20,23)/b19-12-. The second-order valence-corrected chi connectivity index (χ2v) is 5.11. The van der Waals surface area contributed by atoms with Crippen LogP contribution in [0, 0.1) is 0 Å². The number of phenols is 1. The molecule has 0 amide bonds. The van der Waals surface area contributed by atoms with Gasteiger partial charge in [-0.25, -0.2) is 0 Å². The van der Waals surface area contributed by atoms with E-state index in [-0.39, 0.29) is 5.75 Å². The second kappa shape index (κ2) is 8.75. The Balaban J connectivity index is 1.84. The highest BCUT2D eigenvalue weighted by Gasteiger charge is 2.02. The summed E-state index contributed by atoms with van der Waals surface area (Å²) in [6, 6.07) is 15.0. The van der Waals surface area contributed by atoms with Crippen molar-refractivity contribution in [1.82, 2.24) is 10.7 Å². The minimum atomic E-state index is 0.108. The van der Waals surface area contributed by atoms with Crippen LogP contribution in [0.25, 0.3) is 0 Å². The van der Waals surface area contributed by atoms with E-state index < -0.39 is 0 Å². The van der Waals surface area contributed by atoms with Crippen molar-refractivity contribution in [3.05, 3.63) is 59.7 Å². The van der Waals surface area contributed by atoms with E-state index in [0.29, 0.717) is 24.0 Å². The molecule has 0 heterocycles. The molecule has 0 aromatic heterocycles. The smallest absolute Gasteiger partial charge is 0.187 e. The summed E-state index contributed by atoms with van der Waals surface area (Å²) in [4.78, 5) is 0. The molecule has 0 saturated carbocycles. The van der Waals surface area contributed by atoms with E-state index in [1.165, 1.54) is 0 Å². The van der Waals surface area contributed by atoms with Gasteiger partial charge < -0.3 is 15.2 Å². The number of thiocarbonyl (C=S) groups is 1. The summed E-state index contributed by atoms with van der Waals surface area (Å²) in [6.45, 7) is 2.98. The highest BCUT2D eigenvalue weighted by atomic mass is 32.1. The van der Waals surface area contributed by atoms with Gasteiger partial charge in [0.05, 0.1) is 12.8 Å². The lowest BCUT2D eigenvalue weighted by atomic mass is 10.2. The average Bonchev–Trinajstić information content (AvgIpc) is 2.57. The number of aromatic hydroxyl groups is 1. The lowest BCUT2D eigenvalue weighted by Crippen LogP contribution is -2.31. The first-order valence-corrected chi connectivity index (χ1v) is 7.66. The predicted molar refractivity (Wildman–Crippen MR) is 95.9 cm³/mol. The number of rotatable bonds is 6. The van der Waals surface area contributed by atoms with E-state index in [1.807, 2.05) is 37.3 Å². The van der Waals surface area contributed by atoms with Crippen molar-refractivity contribution in [3.63, 3.8) is 0 Å². The molecule has 0 fully saturated rings. The predicted octanol–water partition coefficient (Wildman–Crippen LogP) is 2.79. The topological polar surface area (TPSA) is 65.9 Å². The molecule has 2 aromatic carbocycles. The number of benzene rings is 2. The third kappa shape index (κ3) is 5.60. The Kier molecular flexibility index (Phi) is 6.38. The summed E-state index contributed by atoms with van der Waals surface area (Å²) in [6.07, 6.45) is 1.61. The fourth-order valence-corrected chi connectivity index (χ4v) is 1.99. The maximum Gasteiger partial charge on any atom is 0.187 e. The molecule has 0 aliphatic heterocycles. The first-order chi connectivity index (χ1) is 11.2. The Morgan fingerprint density at radius 1 is 1.26 bits per heavy atom. The number of nitrogens with one attached hydrogen (secondary N) is 2. The van der Waals surface area contributed by atoms with E-state index in [0.717, 1.165) is 11.1 Å². The number of hydrogen-bond acceptors (Lipinski definition) is 4. The zero-order chi connectivity index (χ0) is 16.5. The van der Waals surface area contributed by atoms with Gasteiger partial charge in [0.25, 0.3) is 0 Å². The zero-order valence-electron chi connectivity index (χ0n) is 12.8. The van der Waals surface area contributed by atoms with Crippen molar-refractivity contribution >= 4 is 23.5 Å². The monoisotopic (exact) mass is 329 g/mol. The zero-order valence-corrected chi connectivity index (χ0v) is 13.6. The van der Waals surface area contributed by atoms with Crippen LogP contribution < -0.4 is 15.5 Å². The first-order valence-electron chi connectivity index (χ1n) is 7.25. The van der Waals surface area contributed by atoms with Gasteiger partial charge in [-0.15, -0.1) is 0 Å². The normalized spacial score (nSPS) is 10.5. The second-order valence-electron chi connectivity index (χ2n) is 4.70. The Labute approximate surface area is 141 Å². The van der Waals surface area contributed by atoms with Crippen molar-refractivity contribution in [1.29, 1.82) is 0 Å². The van der Waals surface area contributed by atoms with Gasteiger partial charge in [-0.05, 0) is 48.5 Å². The maximum absolute atomic E-state index is 9.64. The van der Waals surface area contributed by atoms with Crippen LogP contribution in [0.5, 0.6) is 11.5 Å². The number of phenolic OH excluding ortho intramolecular Hbond substituents is 1. The maximum atomic E-state index is 9.64. The van der Waals surface area contributed by atoms with E-state index in [9.17, 15) is 5.11 Å². The van der Waals surface area contributed by atoms with Gasteiger partial charge in [-0.1, -0.05) is 30.3 Å². The van der Waals surface area contributed by atoms with Crippen molar-refractivity contribution in [2.24, 2.45) is 5.10 Å². The number of hydrogen-bond donors (Lipinski definition) is 3. The minimum absolute atomic E-state index is 0.108. The Morgan fingerprint density at radius 2 is 2.04 bits per heavy atom. The summed E-state index contributed by atoms with van der Waals surface area (Å²) >= 11 is 5.16. The van der Waals surface area contributed by atoms with Gasteiger partial charge in [-0.3, -0.25) is 5.43 Å². The molecule has 0 saturated heterocycles. The molecule has 0 aliphatic carbocycles. The van der Waals surface area contributed by atoms with Gasteiger partial charge in [0.2, 0.25) is 0 Å². The van der Waals surface area contributed by atoms with Crippen molar-refractivity contribution in [3.8, 4) is 11.5 Å². The largest absolute Gasteiger partial charge is 0.504 e. The molecule has 23 heavy (non-hydrogen) atoms. The van der Waals surface area contributed by atoms with Gasteiger partial charge in [0.15, 0.2) is 16.6 Å². The Morgan fingerprint density at radius 3 is 2.78 bits per heavy atom. The van der Waals surface area contributed by atoms with Crippen LogP contribution >= 0.6 is 12.2 Å². The van der Waals surface area contributed by atoms with Crippen LogP contribution in [0.1, 0.15) is 18.1 Å². The first kappa shape index (κ1) is 16.8. The van der Waals surface area contributed by atoms with Crippen LogP contribution in [-0.2, 0) is 6.54 Å². The minimum Gasteiger partial charge on any atom is -0.504 e. The number of hydrazone groups is 1. The average molecular weight is 329 g/mol. The van der Waals surface area contributed by atoms with Gasteiger partial charge >= 0.3 is 0 Å².